The van der Waals surface area contributed by atoms with Gasteiger partial charge in [-0.25, -0.2) is 0 Å². The molecular weight excluding hydrogens is 492 g/mol. The zero-order valence-corrected chi connectivity index (χ0v) is 24.3. The van der Waals surface area contributed by atoms with E-state index in [2.05, 4.69) is 50.4 Å². The third kappa shape index (κ3) is 8.73. The van der Waals surface area contributed by atoms with Crippen molar-refractivity contribution in [2.75, 3.05) is 0 Å². The van der Waals surface area contributed by atoms with Crippen LogP contribution < -0.4 is 5.32 Å². The van der Waals surface area contributed by atoms with E-state index in [1.54, 1.807) is 4.90 Å². The van der Waals surface area contributed by atoms with Crippen molar-refractivity contribution in [3.8, 4) is 0 Å². The summed E-state index contributed by atoms with van der Waals surface area (Å²) in [6.45, 7) is 12.7. The van der Waals surface area contributed by atoms with Crippen LogP contribution in [0.4, 0.5) is 0 Å². The fourth-order valence-electron chi connectivity index (χ4n) is 4.38. The van der Waals surface area contributed by atoms with E-state index in [9.17, 15) is 9.59 Å². The van der Waals surface area contributed by atoms with Crippen molar-refractivity contribution >= 4 is 23.4 Å². The fourth-order valence-corrected chi connectivity index (χ4v) is 4.58. The van der Waals surface area contributed by atoms with E-state index in [0.717, 1.165) is 16.7 Å². The molecule has 0 spiro atoms. The van der Waals surface area contributed by atoms with Crippen molar-refractivity contribution in [3.63, 3.8) is 0 Å². The highest BCUT2D eigenvalue weighted by atomic mass is 35.5. The molecule has 3 aromatic carbocycles. The molecule has 0 fully saturated rings. The lowest BCUT2D eigenvalue weighted by Crippen LogP contribution is -2.54. The van der Waals surface area contributed by atoms with Gasteiger partial charge in [0, 0.05) is 29.9 Å². The van der Waals surface area contributed by atoms with Gasteiger partial charge in [0.15, 0.2) is 0 Å². The molecule has 4 nitrogen and oxygen atoms in total. The van der Waals surface area contributed by atoms with E-state index in [4.69, 9.17) is 11.6 Å². The number of carbonyl (C=O) groups excluding carboxylic acids is 2. The molecule has 38 heavy (non-hydrogen) atoms. The Bertz CT molecular complexity index is 1210. The minimum atomic E-state index is -0.677. The molecule has 202 valence electrons. The quantitative estimate of drug-likeness (QED) is 0.319. The largest absolute Gasteiger partial charge is 0.350 e. The van der Waals surface area contributed by atoms with Crippen molar-refractivity contribution in [1.29, 1.82) is 0 Å². The number of carbonyl (C=O) groups is 2. The van der Waals surface area contributed by atoms with Crippen LogP contribution in [0.3, 0.4) is 0 Å². The molecule has 0 bridgehead atoms. The van der Waals surface area contributed by atoms with Crippen LogP contribution >= 0.6 is 11.6 Å². The zero-order valence-electron chi connectivity index (χ0n) is 23.6. The second kappa shape index (κ2) is 12.6. The molecule has 5 heteroatoms. The average Bonchev–Trinajstić information content (AvgIpc) is 2.85. The van der Waals surface area contributed by atoms with Crippen molar-refractivity contribution < 1.29 is 9.59 Å². The number of rotatable bonds is 9. The maximum Gasteiger partial charge on any atom is 0.243 e. The summed E-state index contributed by atoms with van der Waals surface area (Å²) >= 11 is 6.51. The number of amides is 2. The molecule has 1 atom stereocenters. The maximum absolute atomic E-state index is 13.9. The van der Waals surface area contributed by atoms with Gasteiger partial charge in [-0.1, -0.05) is 105 Å². The van der Waals surface area contributed by atoms with Gasteiger partial charge in [0.2, 0.25) is 11.8 Å². The topological polar surface area (TPSA) is 49.4 Å². The molecule has 2 amide bonds. The summed E-state index contributed by atoms with van der Waals surface area (Å²) in [5, 5.41) is 3.68. The van der Waals surface area contributed by atoms with E-state index in [1.807, 2.05) is 75.4 Å². The standard InChI is InChI=1S/C33H41ClN2O2/c1-32(2,3)27-19-16-24(17-20-27)18-21-30(37)36(23-26-14-10-11-15-28(26)34)29(31(38)35-33(4,5)6)22-25-12-8-7-9-13-25/h7-17,19-20,29H,18,21-23H2,1-6H3,(H,35,38)/t29-/m1/s1. The molecule has 0 aliphatic heterocycles. The van der Waals surface area contributed by atoms with Crippen LogP contribution in [0.2, 0.25) is 5.02 Å². The highest BCUT2D eigenvalue weighted by Gasteiger charge is 2.32. The first kappa shape index (κ1) is 29.4. The second-order valence-corrected chi connectivity index (χ2v) is 12.4. The van der Waals surface area contributed by atoms with Gasteiger partial charge >= 0.3 is 0 Å². The molecular formula is C33H41ClN2O2. The van der Waals surface area contributed by atoms with Gasteiger partial charge < -0.3 is 10.2 Å². The van der Waals surface area contributed by atoms with Crippen molar-refractivity contribution in [2.24, 2.45) is 0 Å². The minimum Gasteiger partial charge on any atom is -0.350 e. The number of aryl methyl sites for hydroxylation is 1. The molecule has 0 unspecified atom stereocenters. The maximum atomic E-state index is 13.9. The number of halogens is 1. The highest BCUT2D eigenvalue weighted by molar-refractivity contribution is 6.31. The Balaban J connectivity index is 1.91. The average molecular weight is 533 g/mol. The smallest absolute Gasteiger partial charge is 0.243 e. The first-order valence-electron chi connectivity index (χ1n) is 13.3. The lowest BCUT2D eigenvalue weighted by molar-refractivity contribution is -0.141. The molecule has 0 saturated heterocycles. The van der Waals surface area contributed by atoms with Crippen LogP contribution in [0.5, 0.6) is 0 Å². The third-order valence-electron chi connectivity index (χ3n) is 6.52. The molecule has 0 radical (unpaired) electrons. The third-order valence-corrected chi connectivity index (χ3v) is 6.88. The Morgan fingerprint density at radius 1 is 0.816 bits per heavy atom. The van der Waals surface area contributed by atoms with Gasteiger partial charge in [-0.3, -0.25) is 9.59 Å². The van der Waals surface area contributed by atoms with Gasteiger partial charge in [-0.05, 0) is 60.9 Å². The van der Waals surface area contributed by atoms with Crippen molar-refractivity contribution in [2.45, 2.75) is 84.3 Å². The Morgan fingerprint density at radius 3 is 2.00 bits per heavy atom. The van der Waals surface area contributed by atoms with Crippen LogP contribution in [0.15, 0.2) is 78.9 Å². The summed E-state index contributed by atoms with van der Waals surface area (Å²) in [5.41, 5.74) is 3.82. The first-order valence-corrected chi connectivity index (χ1v) is 13.7. The Hall–Kier alpha value is -3.11. The number of benzene rings is 3. The minimum absolute atomic E-state index is 0.0743. The fraction of sp³-hybridized carbons (Fsp3) is 0.394. The van der Waals surface area contributed by atoms with Gasteiger partial charge in [-0.15, -0.1) is 0 Å². The molecule has 0 aliphatic carbocycles. The van der Waals surface area contributed by atoms with Crippen LogP contribution in [0.1, 0.15) is 70.2 Å². The molecule has 0 aliphatic rings. The van der Waals surface area contributed by atoms with Gasteiger partial charge in [0.05, 0.1) is 0 Å². The Kier molecular flexibility index (Phi) is 9.78. The number of nitrogens with zero attached hydrogens (tertiary/aromatic N) is 1. The van der Waals surface area contributed by atoms with E-state index in [0.29, 0.717) is 24.3 Å². The lowest BCUT2D eigenvalue weighted by Gasteiger charge is -2.34. The summed E-state index contributed by atoms with van der Waals surface area (Å²) in [7, 11) is 0. The molecule has 0 aromatic heterocycles. The van der Waals surface area contributed by atoms with E-state index in [-0.39, 0.29) is 23.8 Å². The number of hydrogen-bond acceptors (Lipinski definition) is 2. The molecule has 1 N–H and O–H groups in total. The van der Waals surface area contributed by atoms with Gasteiger partial charge in [-0.2, -0.15) is 0 Å². The highest BCUT2D eigenvalue weighted by Crippen LogP contribution is 2.24. The van der Waals surface area contributed by atoms with Crippen LogP contribution in [0, 0.1) is 0 Å². The zero-order chi connectivity index (χ0) is 27.9. The van der Waals surface area contributed by atoms with E-state index < -0.39 is 11.6 Å². The summed E-state index contributed by atoms with van der Waals surface area (Å²) in [6, 6.07) is 25.1. The molecule has 0 saturated carbocycles. The van der Waals surface area contributed by atoms with E-state index >= 15 is 0 Å². The van der Waals surface area contributed by atoms with Gasteiger partial charge in [0.25, 0.3) is 0 Å². The monoisotopic (exact) mass is 532 g/mol. The number of nitrogens with one attached hydrogen (secondary N) is 1. The molecule has 3 aromatic rings. The van der Waals surface area contributed by atoms with Gasteiger partial charge in [0.1, 0.15) is 6.04 Å². The Morgan fingerprint density at radius 2 is 1.42 bits per heavy atom. The first-order chi connectivity index (χ1) is 17.8. The summed E-state index contributed by atoms with van der Waals surface area (Å²) in [5.74, 6) is -0.244. The van der Waals surface area contributed by atoms with Crippen LogP contribution in [0.25, 0.3) is 0 Å². The molecule has 0 heterocycles. The predicted octanol–water partition coefficient (Wildman–Crippen LogP) is 7.12. The van der Waals surface area contributed by atoms with Crippen LogP contribution in [-0.4, -0.2) is 28.3 Å². The Labute approximate surface area is 233 Å². The SMILES string of the molecule is CC(C)(C)NC(=O)[C@@H](Cc1ccccc1)N(Cc1ccccc1Cl)C(=O)CCc1ccc(C(C)(C)C)cc1. The van der Waals surface area contributed by atoms with Crippen LogP contribution in [-0.2, 0) is 34.4 Å². The lowest BCUT2D eigenvalue weighted by atomic mass is 9.86. The van der Waals surface area contributed by atoms with E-state index in [1.165, 1.54) is 5.56 Å². The summed E-state index contributed by atoms with van der Waals surface area (Å²) in [6.07, 6.45) is 1.31. The predicted molar refractivity (Wildman–Crippen MR) is 157 cm³/mol. The summed E-state index contributed by atoms with van der Waals surface area (Å²) in [4.78, 5) is 29.2. The normalized spacial score (nSPS) is 12.6. The summed E-state index contributed by atoms with van der Waals surface area (Å²) < 4.78 is 0. The number of hydrogen-bond donors (Lipinski definition) is 1. The second-order valence-electron chi connectivity index (χ2n) is 12.0. The van der Waals surface area contributed by atoms with Crippen molar-refractivity contribution in [3.05, 3.63) is 106 Å². The molecule has 3 rings (SSSR count). The van der Waals surface area contributed by atoms with Crippen molar-refractivity contribution in [1.82, 2.24) is 10.2 Å².